The van der Waals surface area contributed by atoms with E-state index in [1.165, 1.54) is 0 Å². The van der Waals surface area contributed by atoms with Crippen molar-refractivity contribution in [2.45, 2.75) is 64.3 Å². The summed E-state index contributed by atoms with van der Waals surface area (Å²) < 4.78 is 5.87. The molecule has 1 unspecified atom stereocenters. The van der Waals surface area contributed by atoms with Crippen molar-refractivity contribution in [2.24, 2.45) is 0 Å². The Labute approximate surface area is 91.0 Å². The first kappa shape index (κ1) is 12.5. The Hall–Kier alpha value is -0.610. The minimum absolute atomic E-state index is 0.0820. The van der Waals surface area contributed by atoms with Crippen molar-refractivity contribution >= 4 is 5.97 Å². The Morgan fingerprint density at radius 1 is 1.47 bits per heavy atom. The molecule has 1 fully saturated rings. The minimum atomic E-state index is -0.824. The van der Waals surface area contributed by atoms with Crippen LogP contribution in [0.25, 0.3) is 0 Å². The topological polar surface area (TPSA) is 58.6 Å². The molecule has 88 valence electrons. The summed E-state index contributed by atoms with van der Waals surface area (Å²) in [4.78, 5) is 10.8. The van der Waals surface area contributed by atoms with Gasteiger partial charge in [0.1, 0.15) is 6.04 Å². The highest BCUT2D eigenvalue weighted by Crippen LogP contribution is 2.37. The van der Waals surface area contributed by atoms with Gasteiger partial charge in [-0.2, -0.15) is 0 Å². The molecule has 4 nitrogen and oxygen atoms in total. The van der Waals surface area contributed by atoms with Crippen molar-refractivity contribution in [1.82, 2.24) is 5.32 Å². The SMILES string of the molecule is C[C@@H](NC1CC(C)(C)OC1(C)C)C(=O)O. The van der Waals surface area contributed by atoms with Crippen LogP contribution in [-0.4, -0.2) is 34.4 Å². The zero-order valence-electron chi connectivity index (χ0n) is 10.1. The van der Waals surface area contributed by atoms with Crippen LogP contribution in [0.4, 0.5) is 0 Å². The lowest BCUT2D eigenvalue weighted by Crippen LogP contribution is -2.49. The van der Waals surface area contributed by atoms with Crippen LogP contribution in [0.5, 0.6) is 0 Å². The summed E-state index contributed by atoms with van der Waals surface area (Å²) >= 11 is 0. The fourth-order valence-corrected chi connectivity index (χ4v) is 2.19. The Bertz CT molecular complexity index is 261. The van der Waals surface area contributed by atoms with E-state index in [1.807, 2.05) is 27.7 Å². The lowest BCUT2D eigenvalue weighted by atomic mass is 9.94. The molecule has 15 heavy (non-hydrogen) atoms. The Morgan fingerprint density at radius 2 is 2.00 bits per heavy atom. The van der Waals surface area contributed by atoms with Gasteiger partial charge in [-0.1, -0.05) is 0 Å². The summed E-state index contributed by atoms with van der Waals surface area (Å²) in [5.74, 6) is -0.824. The Balaban J connectivity index is 2.67. The zero-order valence-corrected chi connectivity index (χ0v) is 10.1. The third-order valence-electron chi connectivity index (χ3n) is 2.90. The molecule has 1 aliphatic heterocycles. The largest absolute Gasteiger partial charge is 0.480 e. The fraction of sp³-hybridized carbons (Fsp3) is 0.909. The molecule has 1 saturated heterocycles. The van der Waals surface area contributed by atoms with Crippen LogP contribution in [0, 0.1) is 0 Å². The van der Waals surface area contributed by atoms with E-state index in [4.69, 9.17) is 9.84 Å². The molecule has 0 spiro atoms. The third kappa shape index (κ3) is 2.92. The average molecular weight is 215 g/mol. The molecule has 2 atom stereocenters. The molecule has 0 amide bonds. The molecule has 0 aliphatic carbocycles. The van der Waals surface area contributed by atoms with Gasteiger partial charge in [-0.25, -0.2) is 0 Å². The van der Waals surface area contributed by atoms with E-state index >= 15 is 0 Å². The molecule has 1 rings (SSSR count). The van der Waals surface area contributed by atoms with E-state index in [2.05, 4.69) is 5.32 Å². The predicted octanol–water partition coefficient (Wildman–Crippen LogP) is 1.40. The van der Waals surface area contributed by atoms with Gasteiger partial charge in [-0.05, 0) is 41.0 Å². The molecular formula is C11H21NO3. The van der Waals surface area contributed by atoms with Crippen LogP contribution >= 0.6 is 0 Å². The second-order valence-electron chi connectivity index (χ2n) is 5.45. The molecule has 2 N–H and O–H groups in total. The molecule has 0 bridgehead atoms. The van der Waals surface area contributed by atoms with Gasteiger partial charge in [0.2, 0.25) is 0 Å². The number of carbonyl (C=O) groups is 1. The van der Waals surface area contributed by atoms with E-state index in [9.17, 15) is 4.79 Å². The van der Waals surface area contributed by atoms with Crippen molar-refractivity contribution in [3.8, 4) is 0 Å². The van der Waals surface area contributed by atoms with Crippen molar-refractivity contribution < 1.29 is 14.6 Å². The standard InChI is InChI=1S/C11H21NO3/c1-7(9(13)14)12-8-6-10(2,3)15-11(8,4)5/h7-8,12H,6H2,1-5H3,(H,13,14)/t7-,8?/m1/s1. The quantitative estimate of drug-likeness (QED) is 0.747. The number of carboxylic acid groups (broad SMARTS) is 1. The normalized spacial score (nSPS) is 30.1. The second-order valence-corrected chi connectivity index (χ2v) is 5.45. The first-order valence-corrected chi connectivity index (χ1v) is 5.33. The molecule has 1 aliphatic rings. The van der Waals surface area contributed by atoms with Gasteiger partial charge in [-0.15, -0.1) is 0 Å². The highest BCUT2D eigenvalue weighted by atomic mass is 16.5. The summed E-state index contributed by atoms with van der Waals surface area (Å²) in [6.45, 7) is 9.70. The molecule has 0 radical (unpaired) electrons. The van der Waals surface area contributed by atoms with Gasteiger partial charge in [0.15, 0.2) is 0 Å². The number of hydrogen-bond acceptors (Lipinski definition) is 3. The monoisotopic (exact) mass is 215 g/mol. The third-order valence-corrected chi connectivity index (χ3v) is 2.90. The number of hydrogen-bond donors (Lipinski definition) is 2. The molecule has 0 aromatic rings. The van der Waals surface area contributed by atoms with E-state index < -0.39 is 12.0 Å². The molecule has 0 aromatic carbocycles. The van der Waals surface area contributed by atoms with Crippen LogP contribution in [-0.2, 0) is 9.53 Å². The van der Waals surface area contributed by atoms with Gasteiger partial charge in [-0.3, -0.25) is 10.1 Å². The smallest absolute Gasteiger partial charge is 0.320 e. The Morgan fingerprint density at radius 3 is 2.33 bits per heavy atom. The fourth-order valence-electron chi connectivity index (χ4n) is 2.19. The second kappa shape index (κ2) is 3.76. The molecule has 0 aromatic heterocycles. The number of aliphatic carboxylic acids is 1. The van der Waals surface area contributed by atoms with Crippen molar-refractivity contribution in [2.75, 3.05) is 0 Å². The van der Waals surface area contributed by atoms with Crippen LogP contribution in [0.2, 0.25) is 0 Å². The van der Waals surface area contributed by atoms with E-state index in [0.717, 1.165) is 6.42 Å². The highest BCUT2D eigenvalue weighted by molar-refractivity contribution is 5.72. The molecule has 1 heterocycles. The first-order chi connectivity index (χ1) is 6.64. The Kier molecular flexibility index (Phi) is 3.12. The maximum atomic E-state index is 10.8. The predicted molar refractivity (Wildman–Crippen MR) is 57.9 cm³/mol. The summed E-state index contributed by atoms with van der Waals surface area (Å²) in [5, 5.41) is 11.9. The van der Waals surface area contributed by atoms with Crippen molar-refractivity contribution in [1.29, 1.82) is 0 Å². The van der Waals surface area contributed by atoms with Gasteiger partial charge < -0.3 is 9.84 Å². The molecule has 4 heteroatoms. The van der Waals surface area contributed by atoms with Crippen LogP contribution in [0.3, 0.4) is 0 Å². The average Bonchev–Trinajstić information content (AvgIpc) is 2.18. The summed E-state index contributed by atoms with van der Waals surface area (Å²) in [7, 11) is 0. The maximum Gasteiger partial charge on any atom is 0.320 e. The van der Waals surface area contributed by atoms with Gasteiger partial charge in [0.05, 0.1) is 11.2 Å². The van der Waals surface area contributed by atoms with Crippen molar-refractivity contribution in [3.05, 3.63) is 0 Å². The highest BCUT2D eigenvalue weighted by Gasteiger charge is 2.46. The van der Waals surface area contributed by atoms with Crippen LogP contribution < -0.4 is 5.32 Å². The maximum absolute atomic E-state index is 10.8. The summed E-state index contributed by atoms with van der Waals surface area (Å²) in [6.07, 6.45) is 0.831. The number of carboxylic acids is 1. The summed E-state index contributed by atoms with van der Waals surface area (Å²) in [5.41, 5.74) is -0.493. The van der Waals surface area contributed by atoms with Gasteiger partial charge >= 0.3 is 5.97 Å². The van der Waals surface area contributed by atoms with Crippen molar-refractivity contribution in [3.63, 3.8) is 0 Å². The van der Waals surface area contributed by atoms with Crippen LogP contribution in [0.1, 0.15) is 41.0 Å². The number of ether oxygens (including phenoxy) is 1. The molecular weight excluding hydrogens is 194 g/mol. The lowest BCUT2D eigenvalue weighted by Gasteiger charge is -2.29. The number of nitrogens with one attached hydrogen (secondary N) is 1. The van der Waals surface area contributed by atoms with E-state index in [-0.39, 0.29) is 17.2 Å². The molecule has 0 saturated carbocycles. The van der Waals surface area contributed by atoms with Gasteiger partial charge in [0, 0.05) is 6.04 Å². The van der Waals surface area contributed by atoms with Crippen LogP contribution in [0.15, 0.2) is 0 Å². The summed E-state index contributed by atoms with van der Waals surface area (Å²) in [6, 6.07) is -0.453. The zero-order chi connectivity index (χ0) is 11.9. The lowest BCUT2D eigenvalue weighted by molar-refractivity contribution is -0.139. The minimum Gasteiger partial charge on any atom is -0.480 e. The van der Waals surface area contributed by atoms with E-state index in [0.29, 0.717) is 0 Å². The first-order valence-electron chi connectivity index (χ1n) is 5.33. The van der Waals surface area contributed by atoms with Gasteiger partial charge in [0.25, 0.3) is 0 Å². The number of rotatable bonds is 3. The van der Waals surface area contributed by atoms with E-state index in [1.54, 1.807) is 6.92 Å².